The summed E-state index contributed by atoms with van der Waals surface area (Å²) < 4.78 is 0. The maximum Gasteiger partial charge on any atom is 0.253 e. The van der Waals surface area contributed by atoms with Gasteiger partial charge in [0.15, 0.2) is 0 Å². The summed E-state index contributed by atoms with van der Waals surface area (Å²) in [5.74, 6) is -0.0988. The average molecular weight is 311 g/mol. The lowest BCUT2D eigenvalue weighted by Crippen LogP contribution is -2.26. The fourth-order valence-corrected chi connectivity index (χ4v) is 2.48. The number of benzene rings is 2. The molecule has 0 saturated carbocycles. The highest BCUT2D eigenvalue weighted by Gasteiger charge is 2.09. The number of nitrogens with one attached hydrogen (secondary N) is 1. The highest BCUT2D eigenvalue weighted by molar-refractivity contribution is 6.30. The van der Waals surface area contributed by atoms with Crippen LogP contribution in [0.15, 0.2) is 60.8 Å². The number of para-hydroxylation sites is 1. The van der Waals surface area contributed by atoms with Crippen molar-refractivity contribution in [1.29, 1.82) is 0 Å². The van der Waals surface area contributed by atoms with Gasteiger partial charge in [0, 0.05) is 23.2 Å². The third-order valence-corrected chi connectivity index (χ3v) is 3.74. The Morgan fingerprint density at radius 2 is 1.82 bits per heavy atom. The standard InChI is InChI=1S/C18H15ClN2O/c19-15-8-6-13(7-9-15)10-12-21-18(22)16-5-1-3-14-4-2-11-20-17(14)16/h1-9,11H,10,12H2,(H,21,22). The predicted octanol–water partition coefficient (Wildman–Crippen LogP) is 3.86. The molecular weight excluding hydrogens is 296 g/mol. The van der Waals surface area contributed by atoms with Crippen LogP contribution in [0.3, 0.4) is 0 Å². The Kier molecular flexibility index (Phi) is 4.35. The molecule has 0 saturated heterocycles. The Bertz CT molecular complexity index is 794. The molecule has 3 rings (SSSR count). The second-order valence-corrected chi connectivity index (χ2v) is 5.45. The normalized spacial score (nSPS) is 10.6. The number of nitrogens with zero attached hydrogens (tertiary/aromatic N) is 1. The molecule has 0 aliphatic carbocycles. The van der Waals surface area contributed by atoms with E-state index in [4.69, 9.17) is 11.6 Å². The smallest absolute Gasteiger partial charge is 0.253 e. The predicted molar refractivity (Wildman–Crippen MR) is 89.2 cm³/mol. The van der Waals surface area contributed by atoms with Crippen molar-refractivity contribution in [2.24, 2.45) is 0 Å². The van der Waals surface area contributed by atoms with Gasteiger partial charge in [0.05, 0.1) is 11.1 Å². The van der Waals surface area contributed by atoms with Gasteiger partial charge in [-0.3, -0.25) is 9.78 Å². The van der Waals surface area contributed by atoms with Crippen molar-refractivity contribution in [2.45, 2.75) is 6.42 Å². The third-order valence-electron chi connectivity index (χ3n) is 3.49. The molecule has 4 heteroatoms. The molecule has 0 radical (unpaired) electrons. The van der Waals surface area contributed by atoms with Crippen LogP contribution >= 0.6 is 11.6 Å². The first kappa shape index (κ1) is 14.5. The van der Waals surface area contributed by atoms with E-state index in [2.05, 4.69) is 10.3 Å². The molecule has 110 valence electrons. The van der Waals surface area contributed by atoms with Gasteiger partial charge in [-0.1, -0.05) is 41.9 Å². The van der Waals surface area contributed by atoms with Gasteiger partial charge < -0.3 is 5.32 Å². The van der Waals surface area contributed by atoms with Crippen molar-refractivity contribution in [3.05, 3.63) is 76.9 Å². The Labute approximate surface area is 133 Å². The van der Waals surface area contributed by atoms with Crippen LogP contribution in [0.25, 0.3) is 10.9 Å². The van der Waals surface area contributed by atoms with E-state index in [1.54, 1.807) is 12.3 Å². The van der Waals surface area contributed by atoms with Crippen LogP contribution in [0, 0.1) is 0 Å². The molecule has 1 amide bonds. The molecule has 0 aliphatic heterocycles. The summed E-state index contributed by atoms with van der Waals surface area (Å²) in [6.07, 6.45) is 2.47. The lowest BCUT2D eigenvalue weighted by atomic mass is 10.1. The molecule has 2 aromatic carbocycles. The van der Waals surface area contributed by atoms with E-state index in [0.29, 0.717) is 12.1 Å². The van der Waals surface area contributed by atoms with Gasteiger partial charge in [0.2, 0.25) is 0 Å². The van der Waals surface area contributed by atoms with E-state index in [-0.39, 0.29) is 5.91 Å². The number of amides is 1. The molecule has 3 aromatic rings. The summed E-state index contributed by atoms with van der Waals surface area (Å²) in [4.78, 5) is 16.6. The first-order valence-electron chi connectivity index (χ1n) is 7.10. The number of pyridine rings is 1. The Balaban J connectivity index is 1.67. The van der Waals surface area contributed by atoms with Crippen molar-refractivity contribution in [3.8, 4) is 0 Å². The summed E-state index contributed by atoms with van der Waals surface area (Å²) in [7, 11) is 0. The van der Waals surface area contributed by atoms with Gasteiger partial charge >= 0.3 is 0 Å². The SMILES string of the molecule is O=C(NCCc1ccc(Cl)cc1)c1cccc2cccnc12. The first-order valence-corrected chi connectivity index (χ1v) is 7.48. The van der Waals surface area contributed by atoms with Crippen molar-refractivity contribution in [2.75, 3.05) is 6.54 Å². The van der Waals surface area contributed by atoms with Crippen LogP contribution in [0.2, 0.25) is 5.02 Å². The number of carbonyl (C=O) groups excluding carboxylic acids is 1. The van der Waals surface area contributed by atoms with Crippen molar-refractivity contribution >= 4 is 28.4 Å². The molecular formula is C18H15ClN2O. The largest absolute Gasteiger partial charge is 0.352 e. The Morgan fingerprint density at radius 1 is 1.05 bits per heavy atom. The summed E-state index contributed by atoms with van der Waals surface area (Å²) in [5.41, 5.74) is 2.48. The summed E-state index contributed by atoms with van der Waals surface area (Å²) in [5, 5.41) is 4.63. The van der Waals surface area contributed by atoms with Gasteiger partial charge in [-0.15, -0.1) is 0 Å². The Morgan fingerprint density at radius 3 is 2.64 bits per heavy atom. The van der Waals surface area contributed by atoms with Gasteiger partial charge in [0.25, 0.3) is 5.91 Å². The topological polar surface area (TPSA) is 42.0 Å². The van der Waals surface area contributed by atoms with Crippen LogP contribution in [0.4, 0.5) is 0 Å². The minimum absolute atomic E-state index is 0.0988. The summed E-state index contributed by atoms with van der Waals surface area (Å²) in [6, 6.07) is 17.1. The first-order chi connectivity index (χ1) is 10.7. The average Bonchev–Trinajstić information content (AvgIpc) is 2.56. The minimum Gasteiger partial charge on any atom is -0.352 e. The lowest BCUT2D eigenvalue weighted by molar-refractivity contribution is 0.0955. The zero-order chi connectivity index (χ0) is 15.4. The molecule has 0 bridgehead atoms. The van der Waals surface area contributed by atoms with Crippen LogP contribution in [0.5, 0.6) is 0 Å². The van der Waals surface area contributed by atoms with Crippen molar-refractivity contribution < 1.29 is 4.79 Å². The number of carbonyl (C=O) groups is 1. The second-order valence-electron chi connectivity index (χ2n) is 5.01. The van der Waals surface area contributed by atoms with E-state index in [1.165, 1.54) is 0 Å². The molecule has 3 nitrogen and oxygen atoms in total. The second kappa shape index (κ2) is 6.58. The van der Waals surface area contributed by atoms with Crippen LogP contribution in [-0.4, -0.2) is 17.4 Å². The Hall–Kier alpha value is -2.39. The van der Waals surface area contributed by atoms with E-state index < -0.39 is 0 Å². The zero-order valence-corrected chi connectivity index (χ0v) is 12.7. The van der Waals surface area contributed by atoms with E-state index >= 15 is 0 Å². The number of halogens is 1. The minimum atomic E-state index is -0.0988. The highest BCUT2D eigenvalue weighted by atomic mass is 35.5. The molecule has 1 N–H and O–H groups in total. The van der Waals surface area contributed by atoms with E-state index in [0.717, 1.165) is 27.9 Å². The molecule has 0 unspecified atom stereocenters. The van der Waals surface area contributed by atoms with E-state index in [9.17, 15) is 4.79 Å². The third kappa shape index (κ3) is 3.26. The van der Waals surface area contributed by atoms with Gasteiger partial charge in [-0.2, -0.15) is 0 Å². The fourth-order valence-electron chi connectivity index (χ4n) is 2.35. The highest BCUT2D eigenvalue weighted by Crippen LogP contribution is 2.15. The molecule has 22 heavy (non-hydrogen) atoms. The molecule has 0 spiro atoms. The molecule has 0 fully saturated rings. The number of aromatic nitrogens is 1. The number of rotatable bonds is 4. The van der Waals surface area contributed by atoms with Crippen molar-refractivity contribution in [1.82, 2.24) is 10.3 Å². The van der Waals surface area contributed by atoms with Gasteiger partial charge in [-0.05, 0) is 36.2 Å². The molecule has 0 aliphatic rings. The quantitative estimate of drug-likeness (QED) is 0.795. The van der Waals surface area contributed by atoms with Crippen LogP contribution in [-0.2, 0) is 6.42 Å². The summed E-state index contributed by atoms with van der Waals surface area (Å²) >= 11 is 5.85. The fraction of sp³-hybridized carbons (Fsp3) is 0.111. The van der Waals surface area contributed by atoms with Gasteiger partial charge in [0.1, 0.15) is 0 Å². The monoisotopic (exact) mass is 310 g/mol. The molecule has 1 heterocycles. The van der Waals surface area contributed by atoms with Crippen LogP contribution < -0.4 is 5.32 Å². The maximum absolute atomic E-state index is 12.3. The molecule has 1 aromatic heterocycles. The van der Waals surface area contributed by atoms with Gasteiger partial charge in [-0.25, -0.2) is 0 Å². The van der Waals surface area contributed by atoms with E-state index in [1.807, 2.05) is 48.5 Å². The molecule has 0 atom stereocenters. The van der Waals surface area contributed by atoms with Crippen molar-refractivity contribution in [3.63, 3.8) is 0 Å². The maximum atomic E-state index is 12.3. The lowest BCUT2D eigenvalue weighted by Gasteiger charge is -2.07. The number of hydrogen-bond donors (Lipinski definition) is 1. The number of hydrogen-bond acceptors (Lipinski definition) is 2. The number of fused-ring (bicyclic) bond motifs is 1. The summed E-state index contributed by atoms with van der Waals surface area (Å²) in [6.45, 7) is 0.573. The van der Waals surface area contributed by atoms with Crippen LogP contribution in [0.1, 0.15) is 15.9 Å². The zero-order valence-electron chi connectivity index (χ0n) is 11.9.